The van der Waals surface area contributed by atoms with Crippen LogP contribution in [0, 0.1) is 5.82 Å². The molecule has 4 aromatic rings. The molecule has 0 aliphatic rings. The van der Waals surface area contributed by atoms with Crippen LogP contribution in [0.3, 0.4) is 0 Å². The van der Waals surface area contributed by atoms with Crippen LogP contribution in [0.4, 0.5) is 4.39 Å². The summed E-state index contributed by atoms with van der Waals surface area (Å²) in [4.78, 5) is 12.1. The number of amides is 1. The molecule has 4 N–H and O–H groups in total. The normalized spacial score (nSPS) is 12.2. The number of carbonyl (C=O) groups is 1. The molecule has 0 unspecified atom stereocenters. The predicted octanol–water partition coefficient (Wildman–Crippen LogP) is 4.20. The molecule has 0 fully saturated rings. The molecule has 202 valence electrons. The fourth-order valence-corrected chi connectivity index (χ4v) is 5.29. The van der Waals surface area contributed by atoms with Gasteiger partial charge in [-0.1, -0.05) is 54.6 Å². The van der Waals surface area contributed by atoms with Crippen molar-refractivity contribution in [3.8, 4) is 5.75 Å². The van der Waals surface area contributed by atoms with Gasteiger partial charge in [0.15, 0.2) is 0 Å². The van der Waals surface area contributed by atoms with Crippen molar-refractivity contribution < 1.29 is 27.4 Å². The molecule has 1 atom stereocenters. The molecule has 0 saturated heterocycles. The van der Waals surface area contributed by atoms with Crippen LogP contribution in [-0.4, -0.2) is 32.5 Å². The van der Waals surface area contributed by atoms with E-state index in [0.717, 1.165) is 11.1 Å². The number of hydrogen-bond acceptors (Lipinski definition) is 6. The maximum Gasteiger partial charge on any atom is 0.252 e. The van der Waals surface area contributed by atoms with Gasteiger partial charge in [0, 0.05) is 6.54 Å². The van der Waals surface area contributed by atoms with Crippen molar-refractivity contribution in [1.29, 1.82) is 0 Å². The van der Waals surface area contributed by atoms with Crippen molar-refractivity contribution in [3.05, 3.63) is 125 Å². The minimum Gasteiger partial charge on any atom is -0.488 e. The Morgan fingerprint density at radius 1 is 0.897 bits per heavy atom. The fourth-order valence-electron chi connectivity index (χ4n) is 4.00. The van der Waals surface area contributed by atoms with Crippen LogP contribution >= 0.6 is 0 Å². The van der Waals surface area contributed by atoms with E-state index in [0.29, 0.717) is 18.5 Å². The number of carbonyl (C=O) groups excluding carboxylic acids is 1. The van der Waals surface area contributed by atoms with Crippen LogP contribution < -0.4 is 15.8 Å². The van der Waals surface area contributed by atoms with Gasteiger partial charge < -0.3 is 20.9 Å². The second kappa shape index (κ2) is 12.7. The summed E-state index contributed by atoms with van der Waals surface area (Å²) < 4.78 is 45.5. The third-order valence-corrected chi connectivity index (χ3v) is 7.93. The zero-order valence-electron chi connectivity index (χ0n) is 21.1. The van der Waals surface area contributed by atoms with Gasteiger partial charge in [-0.05, 0) is 72.1 Å². The molecule has 0 spiro atoms. The SMILES string of the molecule is NC(=O)c1cc(S(=O)(=O)c2ccc(CCNC[C@H](O)c3cccc(F)c3)cc2)ccc1OCc1ccccc1. The van der Waals surface area contributed by atoms with Gasteiger partial charge in [-0.25, -0.2) is 12.8 Å². The number of nitrogens with one attached hydrogen (secondary N) is 1. The van der Waals surface area contributed by atoms with Gasteiger partial charge in [-0.2, -0.15) is 0 Å². The van der Waals surface area contributed by atoms with Crippen molar-refractivity contribution in [2.24, 2.45) is 5.73 Å². The number of aliphatic hydroxyl groups excluding tert-OH is 1. The van der Waals surface area contributed by atoms with Gasteiger partial charge in [0.2, 0.25) is 9.84 Å². The van der Waals surface area contributed by atoms with Crippen LogP contribution in [0.2, 0.25) is 0 Å². The molecule has 0 heterocycles. The first-order valence-electron chi connectivity index (χ1n) is 12.3. The molecule has 0 radical (unpaired) electrons. The first-order valence-corrected chi connectivity index (χ1v) is 13.8. The standard InChI is InChI=1S/C30H29FN2O5S/c31-24-8-4-7-23(17-24)28(34)19-33-16-15-21-9-11-25(12-10-21)39(36,37)26-13-14-29(27(18-26)30(32)35)38-20-22-5-2-1-3-6-22/h1-14,17-18,28,33-34H,15-16,19-20H2,(H2,32,35)/t28-/m0/s1. The highest BCUT2D eigenvalue weighted by atomic mass is 32.2. The molecule has 0 aliphatic carbocycles. The summed E-state index contributed by atoms with van der Waals surface area (Å²) in [5, 5.41) is 13.3. The van der Waals surface area contributed by atoms with E-state index in [4.69, 9.17) is 10.5 Å². The van der Waals surface area contributed by atoms with Gasteiger partial charge in [-0.3, -0.25) is 4.79 Å². The number of rotatable bonds is 12. The molecule has 1 amide bonds. The second-order valence-corrected chi connectivity index (χ2v) is 10.9. The van der Waals surface area contributed by atoms with Gasteiger partial charge in [0.25, 0.3) is 5.91 Å². The number of ether oxygens (including phenoxy) is 1. The number of benzene rings is 4. The number of hydrogen-bond donors (Lipinski definition) is 3. The summed E-state index contributed by atoms with van der Waals surface area (Å²) in [5.41, 5.74) is 7.78. The zero-order chi connectivity index (χ0) is 27.8. The van der Waals surface area contributed by atoms with Crippen molar-refractivity contribution >= 4 is 15.7 Å². The lowest BCUT2D eigenvalue weighted by Gasteiger charge is -2.13. The fraction of sp³-hybridized carbons (Fsp3) is 0.167. The Balaban J connectivity index is 1.38. The third kappa shape index (κ3) is 7.29. The summed E-state index contributed by atoms with van der Waals surface area (Å²) in [6.45, 7) is 0.987. The molecule has 4 rings (SSSR count). The highest BCUT2D eigenvalue weighted by molar-refractivity contribution is 7.91. The Bertz CT molecular complexity index is 1530. The zero-order valence-corrected chi connectivity index (χ0v) is 21.9. The largest absolute Gasteiger partial charge is 0.488 e. The first kappa shape index (κ1) is 28.0. The lowest BCUT2D eigenvalue weighted by molar-refractivity contribution is 0.0995. The van der Waals surface area contributed by atoms with Crippen molar-refractivity contribution in [2.45, 2.75) is 28.9 Å². The predicted molar refractivity (Wildman–Crippen MR) is 146 cm³/mol. The first-order chi connectivity index (χ1) is 18.7. The monoisotopic (exact) mass is 548 g/mol. The Hall–Kier alpha value is -4.05. The molecular formula is C30H29FN2O5S. The molecular weight excluding hydrogens is 519 g/mol. The van der Waals surface area contributed by atoms with Crippen molar-refractivity contribution in [1.82, 2.24) is 5.32 Å². The molecule has 39 heavy (non-hydrogen) atoms. The number of primary amides is 1. The van der Waals surface area contributed by atoms with Crippen LogP contribution in [0.1, 0.15) is 33.2 Å². The smallest absolute Gasteiger partial charge is 0.252 e. The van der Waals surface area contributed by atoms with E-state index in [1.54, 1.807) is 24.3 Å². The number of aliphatic hydroxyl groups is 1. The Morgan fingerprint density at radius 2 is 1.62 bits per heavy atom. The van der Waals surface area contributed by atoms with E-state index < -0.39 is 27.7 Å². The minimum atomic E-state index is -3.91. The Morgan fingerprint density at radius 3 is 2.31 bits per heavy atom. The van der Waals surface area contributed by atoms with Gasteiger partial charge in [-0.15, -0.1) is 0 Å². The summed E-state index contributed by atoms with van der Waals surface area (Å²) in [6.07, 6.45) is -0.246. The molecule has 0 bridgehead atoms. The van der Waals surface area contributed by atoms with Crippen LogP contribution in [-0.2, 0) is 22.9 Å². The minimum absolute atomic E-state index is 0.0184. The van der Waals surface area contributed by atoms with Gasteiger partial charge in [0.05, 0.1) is 21.5 Å². The van der Waals surface area contributed by atoms with Crippen molar-refractivity contribution in [2.75, 3.05) is 13.1 Å². The quantitative estimate of drug-likeness (QED) is 0.228. The lowest BCUT2D eigenvalue weighted by atomic mass is 10.1. The Kier molecular flexibility index (Phi) is 9.08. The van der Waals surface area contributed by atoms with E-state index in [9.17, 15) is 22.7 Å². The molecule has 0 saturated carbocycles. The molecule has 0 aliphatic heterocycles. The molecule has 9 heteroatoms. The van der Waals surface area contributed by atoms with Crippen molar-refractivity contribution in [3.63, 3.8) is 0 Å². The summed E-state index contributed by atoms with van der Waals surface area (Å²) >= 11 is 0. The summed E-state index contributed by atoms with van der Waals surface area (Å²) in [7, 11) is -3.91. The Labute approximate surface area is 227 Å². The lowest BCUT2D eigenvalue weighted by Crippen LogP contribution is -2.23. The molecule has 4 aromatic carbocycles. The van der Waals surface area contributed by atoms with E-state index in [2.05, 4.69) is 5.32 Å². The second-order valence-electron chi connectivity index (χ2n) is 8.97. The number of nitrogens with two attached hydrogens (primary N) is 1. The number of sulfone groups is 1. The topological polar surface area (TPSA) is 119 Å². The van der Waals surface area contributed by atoms with E-state index in [1.165, 1.54) is 42.5 Å². The van der Waals surface area contributed by atoms with E-state index >= 15 is 0 Å². The van der Waals surface area contributed by atoms with Gasteiger partial charge >= 0.3 is 0 Å². The maximum atomic E-state index is 13.3. The van der Waals surface area contributed by atoms with E-state index in [-0.39, 0.29) is 34.3 Å². The maximum absolute atomic E-state index is 13.3. The third-order valence-electron chi connectivity index (χ3n) is 6.16. The molecule has 0 aromatic heterocycles. The molecule has 7 nitrogen and oxygen atoms in total. The summed E-state index contributed by atoms with van der Waals surface area (Å²) in [5.74, 6) is -0.990. The average molecular weight is 549 g/mol. The average Bonchev–Trinajstić information content (AvgIpc) is 2.94. The van der Waals surface area contributed by atoms with Crippen LogP contribution in [0.25, 0.3) is 0 Å². The van der Waals surface area contributed by atoms with Gasteiger partial charge in [0.1, 0.15) is 18.2 Å². The van der Waals surface area contributed by atoms with E-state index in [1.807, 2.05) is 30.3 Å². The number of halogens is 1. The highest BCUT2D eigenvalue weighted by Gasteiger charge is 2.21. The summed E-state index contributed by atoms with van der Waals surface area (Å²) in [6, 6.07) is 25.7. The highest BCUT2D eigenvalue weighted by Crippen LogP contribution is 2.27. The van der Waals surface area contributed by atoms with Crippen LogP contribution in [0.5, 0.6) is 5.75 Å². The van der Waals surface area contributed by atoms with Crippen LogP contribution in [0.15, 0.2) is 107 Å².